The van der Waals surface area contributed by atoms with Gasteiger partial charge in [-0.25, -0.2) is 4.99 Å². The Hall–Kier alpha value is -1.46. The van der Waals surface area contributed by atoms with E-state index in [1.165, 1.54) is 18.4 Å². The molecule has 0 aromatic rings. The molecule has 27 heavy (non-hydrogen) atoms. The van der Waals surface area contributed by atoms with Crippen LogP contribution in [0, 0.1) is 5.92 Å². The normalized spacial score (nSPS) is 28.5. The van der Waals surface area contributed by atoms with Crippen LogP contribution in [0.3, 0.4) is 0 Å². The van der Waals surface area contributed by atoms with Crippen molar-refractivity contribution in [2.75, 3.05) is 33.3 Å². The minimum atomic E-state index is -0.139. The largest absolute Gasteiger partial charge is 0.364 e. The Kier molecular flexibility index (Phi) is 8.71. The van der Waals surface area contributed by atoms with Gasteiger partial charge >= 0.3 is 0 Å². The monoisotopic (exact) mass is 374 g/mol. The van der Waals surface area contributed by atoms with Crippen molar-refractivity contribution in [2.24, 2.45) is 15.9 Å². The van der Waals surface area contributed by atoms with Gasteiger partial charge in [-0.05, 0) is 51.3 Å². The van der Waals surface area contributed by atoms with Crippen molar-refractivity contribution in [1.29, 1.82) is 0 Å². The van der Waals surface area contributed by atoms with Gasteiger partial charge < -0.3 is 15.0 Å². The van der Waals surface area contributed by atoms with Crippen LogP contribution in [0.15, 0.2) is 33.9 Å². The first-order chi connectivity index (χ1) is 13.0. The van der Waals surface area contributed by atoms with Crippen LogP contribution in [-0.4, -0.2) is 55.5 Å². The minimum Gasteiger partial charge on any atom is -0.364 e. The number of allylic oxidation sites excluding steroid dienone is 3. The lowest BCUT2D eigenvalue weighted by molar-refractivity contribution is -0.0756. The third-order valence-electron chi connectivity index (χ3n) is 5.58. The van der Waals surface area contributed by atoms with Gasteiger partial charge in [-0.15, -0.1) is 0 Å². The summed E-state index contributed by atoms with van der Waals surface area (Å²) in [4.78, 5) is 11.9. The number of ether oxygens (including phenoxy) is 1. The molecule has 5 nitrogen and oxygen atoms in total. The van der Waals surface area contributed by atoms with Crippen molar-refractivity contribution in [3.05, 3.63) is 23.9 Å². The highest BCUT2D eigenvalue weighted by Crippen LogP contribution is 2.32. The molecule has 1 fully saturated rings. The van der Waals surface area contributed by atoms with E-state index in [1.807, 2.05) is 13.1 Å². The van der Waals surface area contributed by atoms with E-state index in [1.54, 1.807) is 0 Å². The molecular formula is C22H38N4O. The van der Waals surface area contributed by atoms with Crippen LogP contribution in [0.25, 0.3) is 0 Å². The summed E-state index contributed by atoms with van der Waals surface area (Å²) in [5.41, 5.74) is 1.11. The predicted molar refractivity (Wildman–Crippen MR) is 116 cm³/mol. The van der Waals surface area contributed by atoms with Crippen LogP contribution < -0.4 is 5.32 Å². The lowest BCUT2D eigenvalue weighted by Crippen LogP contribution is -2.54. The number of aliphatic imine (C=N–C) groups is 2. The maximum Gasteiger partial charge on any atom is 0.128 e. The zero-order chi connectivity index (χ0) is 19.7. The van der Waals surface area contributed by atoms with Crippen LogP contribution in [0.4, 0.5) is 0 Å². The van der Waals surface area contributed by atoms with Crippen LogP contribution in [0.2, 0.25) is 0 Å². The molecule has 5 heteroatoms. The van der Waals surface area contributed by atoms with E-state index in [9.17, 15) is 0 Å². The first-order valence-electron chi connectivity index (χ1n) is 10.5. The summed E-state index contributed by atoms with van der Waals surface area (Å²) in [6.07, 6.45) is 11.6. The Labute approximate surface area is 165 Å². The van der Waals surface area contributed by atoms with Crippen molar-refractivity contribution < 1.29 is 4.74 Å². The van der Waals surface area contributed by atoms with Gasteiger partial charge in [0.15, 0.2) is 0 Å². The lowest BCUT2D eigenvalue weighted by Gasteiger charge is -2.41. The highest BCUT2D eigenvalue weighted by molar-refractivity contribution is 6.01. The third-order valence-corrected chi connectivity index (χ3v) is 5.58. The average molecular weight is 375 g/mol. The zero-order valence-corrected chi connectivity index (χ0v) is 17.9. The molecule has 0 aromatic carbocycles. The number of likely N-dealkylation sites (N-methyl/N-ethyl adjacent to an activating group) is 1. The molecule has 0 aromatic heterocycles. The van der Waals surface area contributed by atoms with Gasteiger partial charge in [0.1, 0.15) is 23.9 Å². The summed E-state index contributed by atoms with van der Waals surface area (Å²) in [5, 5.41) is 3.40. The molecule has 152 valence electrons. The highest BCUT2D eigenvalue weighted by atomic mass is 16.5. The quantitative estimate of drug-likeness (QED) is 0.446. The van der Waals surface area contributed by atoms with Gasteiger partial charge in [0, 0.05) is 19.2 Å². The van der Waals surface area contributed by atoms with Crippen molar-refractivity contribution in [3.8, 4) is 0 Å². The molecule has 0 aliphatic carbocycles. The Morgan fingerprint density at radius 2 is 2.26 bits per heavy atom. The molecule has 2 aliphatic rings. The van der Waals surface area contributed by atoms with E-state index in [-0.39, 0.29) is 5.60 Å². The first-order valence-corrected chi connectivity index (χ1v) is 10.5. The fraction of sp³-hybridized carbons (Fsp3) is 0.727. The summed E-state index contributed by atoms with van der Waals surface area (Å²) >= 11 is 0. The Bertz CT molecular complexity index is 593. The van der Waals surface area contributed by atoms with E-state index < -0.39 is 0 Å². The summed E-state index contributed by atoms with van der Waals surface area (Å²) in [5.74, 6) is 2.38. The van der Waals surface area contributed by atoms with E-state index in [0.29, 0.717) is 12.5 Å². The van der Waals surface area contributed by atoms with Crippen LogP contribution in [0.1, 0.15) is 59.8 Å². The molecule has 0 amide bonds. The molecule has 0 bridgehead atoms. The molecule has 2 aliphatic heterocycles. The molecule has 0 saturated carbocycles. The molecule has 1 saturated heterocycles. The topological polar surface area (TPSA) is 49.2 Å². The highest BCUT2D eigenvalue weighted by Gasteiger charge is 2.41. The number of amidine groups is 2. The maximum atomic E-state index is 6.41. The predicted octanol–water partition coefficient (Wildman–Crippen LogP) is 4.17. The SMILES string of the molecule is C/C=C\C(=C\N=C(CC)NC1=NCC2(CN(C)CCCC2C)OC1)CCC. The van der Waals surface area contributed by atoms with Crippen molar-refractivity contribution in [3.63, 3.8) is 0 Å². The molecule has 2 atom stereocenters. The second kappa shape index (κ2) is 10.8. The average Bonchev–Trinajstić information content (AvgIpc) is 2.79. The fourth-order valence-electron chi connectivity index (χ4n) is 3.86. The van der Waals surface area contributed by atoms with Gasteiger partial charge in [0.2, 0.25) is 0 Å². The fourth-order valence-corrected chi connectivity index (χ4v) is 3.86. The van der Waals surface area contributed by atoms with Gasteiger partial charge in [0.25, 0.3) is 0 Å². The number of nitrogens with one attached hydrogen (secondary N) is 1. The summed E-state index contributed by atoms with van der Waals surface area (Å²) < 4.78 is 6.41. The number of hydrogen-bond donors (Lipinski definition) is 1. The molecule has 0 radical (unpaired) electrons. The number of rotatable bonds is 5. The van der Waals surface area contributed by atoms with E-state index in [4.69, 9.17) is 9.73 Å². The molecule has 2 heterocycles. The van der Waals surface area contributed by atoms with E-state index >= 15 is 0 Å². The number of likely N-dealkylation sites (tertiary alicyclic amines) is 1. The zero-order valence-electron chi connectivity index (χ0n) is 17.9. The smallest absolute Gasteiger partial charge is 0.128 e. The lowest BCUT2D eigenvalue weighted by atomic mass is 9.85. The Balaban J connectivity index is 2.05. The summed E-state index contributed by atoms with van der Waals surface area (Å²) in [6.45, 7) is 12.0. The number of nitrogens with zero attached hydrogens (tertiary/aromatic N) is 3. The van der Waals surface area contributed by atoms with Gasteiger partial charge in [-0.3, -0.25) is 4.99 Å². The van der Waals surface area contributed by atoms with Gasteiger partial charge in [-0.2, -0.15) is 0 Å². The van der Waals surface area contributed by atoms with E-state index in [0.717, 1.165) is 50.6 Å². The Morgan fingerprint density at radius 3 is 2.89 bits per heavy atom. The van der Waals surface area contributed by atoms with Gasteiger partial charge in [0.05, 0.1) is 6.54 Å². The molecule has 2 rings (SSSR count). The molecule has 1 N–H and O–H groups in total. The molecular weight excluding hydrogens is 336 g/mol. The summed E-state index contributed by atoms with van der Waals surface area (Å²) in [6, 6.07) is 0. The minimum absolute atomic E-state index is 0.139. The van der Waals surface area contributed by atoms with Crippen molar-refractivity contribution >= 4 is 11.7 Å². The third kappa shape index (κ3) is 6.28. The standard InChI is InChI=1S/C22H38N4O/c1-6-10-19(11-7-2)14-23-20(8-3)25-21-15-27-22(16-24-21)17-26(5)13-9-12-18(22)4/h6,10,14,18H,7-9,11-13,15-17H2,1-5H3,(H,23,24,25)/b10-6-,19-14-. The number of hydrogen-bond acceptors (Lipinski definition) is 4. The second-order valence-corrected chi connectivity index (χ2v) is 7.91. The van der Waals surface area contributed by atoms with Crippen molar-refractivity contribution in [1.82, 2.24) is 10.2 Å². The van der Waals surface area contributed by atoms with Gasteiger partial charge in [-0.1, -0.05) is 39.3 Å². The van der Waals surface area contributed by atoms with Crippen molar-refractivity contribution in [2.45, 2.75) is 65.4 Å². The second-order valence-electron chi connectivity index (χ2n) is 7.91. The van der Waals surface area contributed by atoms with E-state index in [2.05, 4.69) is 55.2 Å². The van der Waals surface area contributed by atoms with Crippen LogP contribution in [0.5, 0.6) is 0 Å². The Morgan fingerprint density at radius 1 is 1.44 bits per heavy atom. The molecule has 2 unspecified atom stereocenters. The summed E-state index contributed by atoms with van der Waals surface area (Å²) in [7, 11) is 2.19. The van der Waals surface area contributed by atoms with Crippen LogP contribution in [-0.2, 0) is 4.74 Å². The molecule has 1 spiro atoms. The van der Waals surface area contributed by atoms with Crippen LogP contribution >= 0.6 is 0 Å². The first kappa shape index (κ1) is 21.8. The maximum absolute atomic E-state index is 6.41.